The highest BCUT2D eigenvalue weighted by molar-refractivity contribution is 6.11. The fourth-order valence-electron chi connectivity index (χ4n) is 10.2. The summed E-state index contributed by atoms with van der Waals surface area (Å²) in [7, 11) is 0. The van der Waals surface area contributed by atoms with E-state index in [9.17, 15) is 0 Å². The van der Waals surface area contributed by atoms with Crippen molar-refractivity contribution in [3.05, 3.63) is 187 Å². The molecule has 1 heterocycles. The molecule has 9 aromatic rings. The van der Waals surface area contributed by atoms with Gasteiger partial charge in [0.05, 0.1) is 11.4 Å². The number of para-hydroxylation sites is 3. The van der Waals surface area contributed by atoms with Crippen molar-refractivity contribution >= 4 is 49.8 Å². The second kappa shape index (κ2) is 13.4. The molecule has 2 nitrogen and oxygen atoms in total. The van der Waals surface area contributed by atoms with Gasteiger partial charge in [0.2, 0.25) is 0 Å². The van der Waals surface area contributed by atoms with E-state index in [1.54, 1.807) is 0 Å². The zero-order valence-electron chi connectivity index (χ0n) is 32.6. The summed E-state index contributed by atoms with van der Waals surface area (Å²) in [6.07, 6.45) is 6.48. The normalized spacial score (nSPS) is 14.9. The smallest absolute Gasteiger partial charge is 0.159 e. The number of benzene rings is 8. The van der Waals surface area contributed by atoms with Crippen LogP contribution in [-0.2, 0) is 5.41 Å². The van der Waals surface area contributed by atoms with Crippen LogP contribution in [0.2, 0.25) is 0 Å². The summed E-state index contributed by atoms with van der Waals surface area (Å²) in [5, 5.41) is 4.94. The predicted octanol–water partition coefficient (Wildman–Crippen LogP) is 15.9. The average molecular weight is 736 g/mol. The van der Waals surface area contributed by atoms with E-state index < -0.39 is 0 Å². The number of anilines is 3. The molecule has 1 saturated carbocycles. The van der Waals surface area contributed by atoms with Crippen LogP contribution in [0.3, 0.4) is 0 Å². The molecule has 11 rings (SSSR count). The van der Waals surface area contributed by atoms with Gasteiger partial charge >= 0.3 is 0 Å². The lowest BCUT2D eigenvalue weighted by atomic mass is 9.80. The first-order valence-electron chi connectivity index (χ1n) is 20.7. The summed E-state index contributed by atoms with van der Waals surface area (Å²) in [5.41, 5.74) is 16.9. The first-order valence-corrected chi connectivity index (χ1v) is 20.7. The van der Waals surface area contributed by atoms with Crippen molar-refractivity contribution in [1.82, 2.24) is 0 Å². The first kappa shape index (κ1) is 33.9. The summed E-state index contributed by atoms with van der Waals surface area (Å²) >= 11 is 0. The Kier molecular flexibility index (Phi) is 7.96. The monoisotopic (exact) mass is 735 g/mol. The van der Waals surface area contributed by atoms with Gasteiger partial charge in [-0.3, -0.25) is 0 Å². The zero-order valence-corrected chi connectivity index (χ0v) is 32.6. The van der Waals surface area contributed by atoms with Gasteiger partial charge < -0.3 is 9.32 Å². The second-order valence-electron chi connectivity index (χ2n) is 16.7. The van der Waals surface area contributed by atoms with Crippen LogP contribution >= 0.6 is 0 Å². The summed E-state index contributed by atoms with van der Waals surface area (Å²) < 4.78 is 6.76. The van der Waals surface area contributed by atoms with Crippen LogP contribution in [0, 0.1) is 0 Å². The molecule has 57 heavy (non-hydrogen) atoms. The lowest BCUT2D eigenvalue weighted by Crippen LogP contribution is -2.14. The SMILES string of the molecule is CC1(C)c2ccccc2-c2ccc(-c3ccc(N(c4ccccc4-c4cccc5cccc(C6CCCCC6)c45)c4cccc5c4oc4ccccc45)cc3)cc21. The van der Waals surface area contributed by atoms with Crippen molar-refractivity contribution in [3.8, 4) is 33.4 Å². The van der Waals surface area contributed by atoms with Gasteiger partial charge in [-0.05, 0) is 110 Å². The Hall–Kier alpha value is -6.38. The van der Waals surface area contributed by atoms with E-state index in [0.29, 0.717) is 5.92 Å². The van der Waals surface area contributed by atoms with Gasteiger partial charge in [-0.1, -0.05) is 167 Å². The molecule has 0 N–H and O–H groups in total. The van der Waals surface area contributed by atoms with E-state index in [2.05, 4.69) is 189 Å². The van der Waals surface area contributed by atoms with E-state index in [-0.39, 0.29) is 5.41 Å². The third kappa shape index (κ3) is 5.46. The summed E-state index contributed by atoms with van der Waals surface area (Å²) in [5.74, 6) is 0.586. The van der Waals surface area contributed by atoms with Gasteiger partial charge in [-0.2, -0.15) is 0 Å². The number of nitrogens with zero attached hydrogens (tertiary/aromatic N) is 1. The molecule has 0 atom stereocenters. The maximum atomic E-state index is 6.76. The Balaban J connectivity index is 1.09. The Morgan fingerprint density at radius 2 is 1.16 bits per heavy atom. The molecule has 2 aliphatic carbocycles. The lowest BCUT2D eigenvalue weighted by Gasteiger charge is -2.29. The first-order chi connectivity index (χ1) is 28.0. The van der Waals surface area contributed by atoms with Crippen LogP contribution < -0.4 is 4.90 Å². The third-order valence-corrected chi connectivity index (χ3v) is 13.1. The number of fused-ring (bicyclic) bond motifs is 7. The molecule has 2 heteroatoms. The minimum absolute atomic E-state index is 0.0495. The molecule has 8 aromatic carbocycles. The van der Waals surface area contributed by atoms with Gasteiger partial charge in [-0.15, -0.1) is 0 Å². The van der Waals surface area contributed by atoms with Crippen molar-refractivity contribution in [2.24, 2.45) is 0 Å². The van der Waals surface area contributed by atoms with Crippen molar-refractivity contribution in [1.29, 1.82) is 0 Å². The largest absolute Gasteiger partial charge is 0.454 e. The van der Waals surface area contributed by atoms with E-state index >= 15 is 0 Å². The van der Waals surface area contributed by atoms with Gasteiger partial charge in [0.15, 0.2) is 5.58 Å². The van der Waals surface area contributed by atoms with Crippen molar-refractivity contribution in [2.75, 3.05) is 4.90 Å². The molecular weight excluding hydrogens is 691 g/mol. The number of hydrogen-bond donors (Lipinski definition) is 0. The number of rotatable bonds is 6. The van der Waals surface area contributed by atoms with Gasteiger partial charge in [-0.25, -0.2) is 0 Å². The minimum Gasteiger partial charge on any atom is -0.454 e. The fourth-order valence-corrected chi connectivity index (χ4v) is 10.2. The standard InChI is InChI=1S/C55H45NO/c1-55(2)48-25-9-6-19-42(48)43-34-31-39(35-49(43)55)36-29-32-40(33-30-36)56(51-27-14-24-47-45-21-8-11-28-52(45)57-54(47)51)50-26-10-7-20-44(50)46-23-13-18-38-17-12-22-41(53(38)46)37-15-4-3-5-16-37/h6-14,17-35,37H,3-5,15-16H2,1-2H3. The van der Waals surface area contributed by atoms with Crippen LogP contribution in [0.25, 0.3) is 66.1 Å². The molecule has 2 aliphatic rings. The molecule has 0 bridgehead atoms. The van der Waals surface area contributed by atoms with Crippen molar-refractivity contribution < 1.29 is 4.42 Å². The molecule has 0 spiro atoms. The average Bonchev–Trinajstić information content (AvgIpc) is 3.76. The van der Waals surface area contributed by atoms with Crippen LogP contribution in [0.15, 0.2) is 174 Å². The predicted molar refractivity (Wildman–Crippen MR) is 240 cm³/mol. The summed E-state index contributed by atoms with van der Waals surface area (Å²) in [4.78, 5) is 2.42. The molecular formula is C55H45NO. The van der Waals surface area contributed by atoms with Crippen LogP contribution in [0.4, 0.5) is 17.1 Å². The molecule has 0 unspecified atom stereocenters. The molecule has 1 aromatic heterocycles. The number of furan rings is 1. The van der Waals surface area contributed by atoms with Crippen molar-refractivity contribution in [2.45, 2.75) is 57.3 Å². The maximum Gasteiger partial charge on any atom is 0.159 e. The van der Waals surface area contributed by atoms with Crippen molar-refractivity contribution in [3.63, 3.8) is 0 Å². The Bertz CT molecular complexity index is 2970. The Labute approximate surface area is 335 Å². The highest BCUT2D eigenvalue weighted by Crippen LogP contribution is 2.51. The van der Waals surface area contributed by atoms with Crippen LogP contribution in [-0.4, -0.2) is 0 Å². The fraction of sp³-hybridized carbons (Fsp3) is 0.164. The minimum atomic E-state index is -0.0495. The zero-order chi connectivity index (χ0) is 38.1. The molecule has 0 radical (unpaired) electrons. The summed E-state index contributed by atoms with van der Waals surface area (Å²) in [6.45, 7) is 4.71. The lowest BCUT2D eigenvalue weighted by molar-refractivity contribution is 0.445. The summed E-state index contributed by atoms with van der Waals surface area (Å²) in [6, 6.07) is 62.8. The van der Waals surface area contributed by atoms with Gasteiger partial charge in [0, 0.05) is 27.4 Å². The quantitative estimate of drug-likeness (QED) is 0.169. The second-order valence-corrected chi connectivity index (χ2v) is 16.7. The van der Waals surface area contributed by atoms with E-state index in [1.165, 1.54) is 92.9 Å². The Morgan fingerprint density at radius 1 is 0.509 bits per heavy atom. The highest BCUT2D eigenvalue weighted by Gasteiger charge is 2.35. The Morgan fingerprint density at radius 3 is 2.02 bits per heavy atom. The highest BCUT2D eigenvalue weighted by atomic mass is 16.3. The molecule has 0 amide bonds. The molecule has 276 valence electrons. The van der Waals surface area contributed by atoms with Gasteiger partial charge in [0.25, 0.3) is 0 Å². The molecule has 0 aliphatic heterocycles. The van der Waals surface area contributed by atoms with E-state index in [0.717, 1.165) is 39.0 Å². The van der Waals surface area contributed by atoms with E-state index in [1.807, 2.05) is 0 Å². The number of hydrogen-bond acceptors (Lipinski definition) is 2. The van der Waals surface area contributed by atoms with E-state index in [4.69, 9.17) is 4.42 Å². The van der Waals surface area contributed by atoms with Gasteiger partial charge in [0.1, 0.15) is 5.58 Å². The van der Waals surface area contributed by atoms with Crippen LogP contribution in [0.1, 0.15) is 68.6 Å². The molecule has 1 fully saturated rings. The van der Waals surface area contributed by atoms with Crippen LogP contribution in [0.5, 0.6) is 0 Å². The molecule has 0 saturated heterocycles. The topological polar surface area (TPSA) is 16.4 Å². The third-order valence-electron chi connectivity index (χ3n) is 13.1. The maximum absolute atomic E-state index is 6.76.